The summed E-state index contributed by atoms with van der Waals surface area (Å²) < 4.78 is 10.8. The number of methoxy groups -OCH3 is 1. The average Bonchev–Trinajstić information content (AvgIpc) is 2.51. The van der Waals surface area contributed by atoms with E-state index < -0.39 is 5.97 Å². The van der Waals surface area contributed by atoms with Crippen LogP contribution in [0, 0.1) is 13.8 Å². The van der Waals surface area contributed by atoms with E-state index in [1.165, 1.54) is 4.90 Å². The average molecular weight is 349 g/mol. The highest BCUT2D eigenvalue weighted by molar-refractivity contribution is 5.96. The molecule has 0 spiro atoms. The summed E-state index contributed by atoms with van der Waals surface area (Å²) >= 11 is 0. The predicted molar refractivity (Wildman–Crippen MR) is 98.7 cm³/mol. The van der Waals surface area contributed by atoms with Gasteiger partial charge in [0.15, 0.2) is 0 Å². The van der Waals surface area contributed by atoms with Crippen molar-refractivity contribution < 1.29 is 19.1 Å². The van der Waals surface area contributed by atoms with E-state index >= 15 is 0 Å². The first-order valence-corrected chi connectivity index (χ1v) is 8.81. The maximum absolute atomic E-state index is 12.9. The Morgan fingerprint density at radius 2 is 1.64 bits per heavy atom. The summed E-state index contributed by atoms with van der Waals surface area (Å²) in [6.45, 7) is 11.4. The fourth-order valence-corrected chi connectivity index (χ4v) is 2.90. The first kappa shape index (κ1) is 21.2. The number of esters is 1. The Balaban J connectivity index is 2.86. The van der Waals surface area contributed by atoms with Gasteiger partial charge in [0.2, 0.25) is 0 Å². The number of hydrogen-bond donors (Lipinski definition) is 0. The van der Waals surface area contributed by atoms with E-state index in [9.17, 15) is 9.59 Å². The van der Waals surface area contributed by atoms with Gasteiger partial charge in [0.25, 0.3) is 5.91 Å². The monoisotopic (exact) mass is 349 g/mol. The second kappa shape index (κ2) is 9.56. The van der Waals surface area contributed by atoms with Gasteiger partial charge in [-0.2, -0.15) is 0 Å². The van der Waals surface area contributed by atoms with E-state index in [-0.39, 0.29) is 30.7 Å². The van der Waals surface area contributed by atoms with Crippen LogP contribution in [0.5, 0.6) is 0 Å². The third kappa shape index (κ3) is 6.16. The molecule has 140 valence electrons. The van der Waals surface area contributed by atoms with Crippen molar-refractivity contribution in [3.05, 3.63) is 34.9 Å². The molecule has 5 nitrogen and oxygen atoms in total. The minimum Gasteiger partial charge on any atom is -0.459 e. The molecule has 1 amide bonds. The molecule has 5 heteroatoms. The Morgan fingerprint density at radius 3 is 2.08 bits per heavy atom. The highest BCUT2D eigenvalue weighted by Gasteiger charge is 2.25. The number of ether oxygens (including phenoxy) is 2. The van der Waals surface area contributed by atoms with Crippen LogP contribution in [-0.2, 0) is 14.3 Å². The molecule has 0 aliphatic heterocycles. The Hall–Kier alpha value is -1.88. The summed E-state index contributed by atoms with van der Waals surface area (Å²) in [4.78, 5) is 26.7. The predicted octanol–water partition coefficient (Wildman–Crippen LogP) is 3.51. The molecule has 0 bridgehead atoms. The molecular weight excluding hydrogens is 318 g/mol. The second-order valence-electron chi connectivity index (χ2n) is 6.78. The quantitative estimate of drug-likeness (QED) is 0.674. The zero-order chi connectivity index (χ0) is 19.1. The Morgan fingerprint density at radius 1 is 1.08 bits per heavy atom. The number of benzene rings is 1. The van der Waals surface area contributed by atoms with E-state index in [0.717, 1.165) is 17.5 Å². The summed E-state index contributed by atoms with van der Waals surface area (Å²) in [7, 11) is 1.60. The fraction of sp³-hybridized carbons (Fsp3) is 0.600. The molecule has 1 aromatic rings. The number of hydrogen-bond acceptors (Lipinski definition) is 4. The lowest BCUT2D eigenvalue weighted by Gasteiger charge is -2.28. The summed E-state index contributed by atoms with van der Waals surface area (Å²) in [5, 5.41) is 0. The van der Waals surface area contributed by atoms with Crippen molar-refractivity contribution >= 4 is 11.9 Å². The van der Waals surface area contributed by atoms with E-state index in [1.54, 1.807) is 14.0 Å². The van der Waals surface area contributed by atoms with Crippen LogP contribution in [0.2, 0.25) is 0 Å². The maximum Gasteiger partial charge on any atom is 0.326 e. The first-order chi connectivity index (χ1) is 11.7. The molecule has 0 fully saturated rings. The van der Waals surface area contributed by atoms with Gasteiger partial charge in [-0.1, -0.05) is 24.1 Å². The van der Waals surface area contributed by atoms with E-state index in [2.05, 4.69) is 0 Å². The SMILES string of the molecule is CCC(OC)C(C)OC(=O)CN(C(=O)c1cc(C)cc(C)c1)C(C)C. The lowest BCUT2D eigenvalue weighted by Crippen LogP contribution is -2.42. The van der Waals surface area contributed by atoms with Gasteiger partial charge in [-0.05, 0) is 53.2 Å². The molecule has 0 saturated carbocycles. The minimum absolute atomic E-state index is 0.0754. The minimum atomic E-state index is -0.422. The normalized spacial score (nSPS) is 13.4. The van der Waals surface area contributed by atoms with Crippen molar-refractivity contribution in [3.63, 3.8) is 0 Å². The zero-order valence-electron chi connectivity index (χ0n) is 16.5. The number of aryl methyl sites for hydroxylation is 2. The third-order valence-corrected chi connectivity index (χ3v) is 4.20. The Bertz CT molecular complexity index is 573. The smallest absolute Gasteiger partial charge is 0.326 e. The van der Waals surface area contributed by atoms with E-state index in [1.807, 2.05) is 52.8 Å². The standard InChI is InChI=1S/C20H31NO4/c1-8-18(24-7)16(6)25-19(22)12-21(13(2)3)20(23)17-10-14(4)9-15(5)11-17/h9-11,13,16,18H,8,12H2,1-7H3. The largest absolute Gasteiger partial charge is 0.459 e. The molecule has 1 aromatic carbocycles. The molecule has 2 atom stereocenters. The lowest BCUT2D eigenvalue weighted by molar-refractivity contribution is -0.156. The Kier molecular flexibility index (Phi) is 8.10. The van der Waals surface area contributed by atoms with Gasteiger partial charge < -0.3 is 14.4 Å². The fourth-order valence-electron chi connectivity index (χ4n) is 2.90. The van der Waals surface area contributed by atoms with Gasteiger partial charge in [0.05, 0.1) is 6.10 Å². The highest BCUT2D eigenvalue weighted by Crippen LogP contribution is 2.14. The van der Waals surface area contributed by atoms with Crippen LogP contribution in [-0.4, -0.2) is 48.7 Å². The summed E-state index contributed by atoms with van der Waals surface area (Å²) in [5.74, 6) is -0.584. The van der Waals surface area contributed by atoms with Gasteiger partial charge in [-0.25, -0.2) is 0 Å². The van der Waals surface area contributed by atoms with Gasteiger partial charge in [-0.3, -0.25) is 9.59 Å². The number of carbonyl (C=O) groups excluding carboxylic acids is 2. The summed E-state index contributed by atoms with van der Waals surface area (Å²) in [6.07, 6.45) is 0.250. The molecule has 0 aliphatic carbocycles. The van der Waals surface area contributed by atoms with Crippen LogP contribution in [0.3, 0.4) is 0 Å². The topological polar surface area (TPSA) is 55.8 Å². The lowest BCUT2D eigenvalue weighted by atomic mass is 10.1. The molecule has 0 heterocycles. The molecule has 0 aliphatic rings. The van der Waals surface area contributed by atoms with E-state index in [0.29, 0.717) is 5.56 Å². The van der Waals surface area contributed by atoms with Crippen LogP contribution in [0.25, 0.3) is 0 Å². The van der Waals surface area contributed by atoms with Crippen molar-refractivity contribution in [1.82, 2.24) is 4.90 Å². The zero-order valence-corrected chi connectivity index (χ0v) is 16.5. The van der Waals surface area contributed by atoms with Crippen LogP contribution in [0.4, 0.5) is 0 Å². The van der Waals surface area contributed by atoms with Gasteiger partial charge >= 0.3 is 5.97 Å². The summed E-state index contributed by atoms with van der Waals surface area (Å²) in [6, 6.07) is 5.59. The van der Waals surface area contributed by atoms with E-state index in [4.69, 9.17) is 9.47 Å². The molecule has 25 heavy (non-hydrogen) atoms. The molecule has 2 unspecified atom stereocenters. The molecule has 0 saturated heterocycles. The highest BCUT2D eigenvalue weighted by atomic mass is 16.6. The van der Waals surface area contributed by atoms with Gasteiger partial charge in [-0.15, -0.1) is 0 Å². The molecular formula is C20H31NO4. The Labute approximate surface area is 151 Å². The number of nitrogens with zero attached hydrogens (tertiary/aromatic N) is 1. The first-order valence-electron chi connectivity index (χ1n) is 8.81. The number of carbonyl (C=O) groups is 2. The molecule has 0 radical (unpaired) electrons. The van der Waals surface area contributed by atoms with Crippen molar-refractivity contribution in [2.24, 2.45) is 0 Å². The van der Waals surface area contributed by atoms with Crippen LogP contribution in [0.15, 0.2) is 18.2 Å². The van der Waals surface area contributed by atoms with Crippen LogP contribution in [0.1, 0.15) is 55.6 Å². The molecule has 1 rings (SSSR count). The van der Waals surface area contributed by atoms with Crippen LogP contribution >= 0.6 is 0 Å². The van der Waals surface area contributed by atoms with Crippen LogP contribution < -0.4 is 0 Å². The van der Waals surface area contributed by atoms with Gasteiger partial charge in [0, 0.05) is 18.7 Å². The van der Waals surface area contributed by atoms with Crippen molar-refractivity contribution in [3.8, 4) is 0 Å². The van der Waals surface area contributed by atoms with Gasteiger partial charge in [0.1, 0.15) is 12.6 Å². The van der Waals surface area contributed by atoms with Crippen molar-refractivity contribution in [2.45, 2.75) is 66.2 Å². The second-order valence-corrected chi connectivity index (χ2v) is 6.78. The number of rotatable bonds is 8. The third-order valence-electron chi connectivity index (χ3n) is 4.20. The van der Waals surface area contributed by atoms with Crippen molar-refractivity contribution in [1.29, 1.82) is 0 Å². The molecule has 0 aromatic heterocycles. The molecule has 0 N–H and O–H groups in total. The van der Waals surface area contributed by atoms with Crippen molar-refractivity contribution in [2.75, 3.05) is 13.7 Å². The number of amides is 1. The summed E-state index contributed by atoms with van der Waals surface area (Å²) in [5.41, 5.74) is 2.64. The maximum atomic E-state index is 12.9.